The topological polar surface area (TPSA) is 77.8 Å². The number of nitrogens with two attached hydrogens (primary N) is 1. The number of aromatic nitrogens is 3. The van der Waals surface area contributed by atoms with Gasteiger partial charge in [-0.15, -0.1) is 0 Å². The van der Waals surface area contributed by atoms with Crippen molar-refractivity contribution in [2.75, 3.05) is 6.54 Å². The molecule has 0 saturated heterocycles. The van der Waals surface area contributed by atoms with Gasteiger partial charge >= 0.3 is 0 Å². The second kappa shape index (κ2) is 6.30. The Hall–Kier alpha value is -1.17. The predicted octanol–water partition coefficient (Wildman–Crippen LogP) is 3.92. The van der Waals surface area contributed by atoms with E-state index >= 15 is 0 Å². The molecule has 0 saturated carbocycles. The van der Waals surface area contributed by atoms with Crippen molar-refractivity contribution < 1.29 is 4.52 Å². The summed E-state index contributed by atoms with van der Waals surface area (Å²) in [4.78, 5) is 8.52. The zero-order valence-electron chi connectivity index (χ0n) is 12.2. The van der Waals surface area contributed by atoms with E-state index in [1.807, 2.05) is 0 Å². The first-order chi connectivity index (χ1) is 9.80. The Labute approximate surface area is 133 Å². The molecule has 0 aromatic carbocycles. The Morgan fingerprint density at radius 1 is 1.33 bits per heavy atom. The van der Waals surface area contributed by atoms with Gasteiger partial charge in [-0.05, 0) is 17.9 Å². The molecule has 2 rings (SSSR count). The Bertz CT molecular complexity index is 622. The highest BCUT2D eigenvalue weighted by Gasteiger charge is 2.25. The van der Waals surface area contributed by atoms with Gasteiger partial charge in [0.05, 0.1) is 16.0 Å². The number of hydrogen-bond acceptors (Lipinski definition) is 5. The third-order valence-corrected chi connectivity index (χ3v) is 3.45. The van der Waals surface area contributed by atoms with Crippen molar-refractivity contribution in [3.63, 3.8) is 0 Å². The maximum atomic E-state index is 6.10. The molecule has 0 aliphatic heterocycles. The Kier molecular flexibility index (Phi) is 4.86. The van der Waals surface area contributed by atoms with Crippen LogP contribution < -0.4 is 5.73 Å². The Morgan fingerprint density at radius 3 is 2.62 bits per heavy atom. The lowest BCUT2D eigenvalue weighted by Gasteiger charge is -2.22. The second-order valence-electron chi connectivity index (χ2n) is 6.14. The molecular weight excluding hydrogens is 311 g/mol. The average molecular weight is 329 g/mol. The smallest absolute Gasteiger partial charge is 0.231 e. The van der Waals surface area contributed by atoms with Gasteiger partial charge in [-0.25, -0.2) is 4.98 Å². The van der Waals surface area contributed by atoms with E-state index in [1.54, 1.807) is 6.07 Å². The van der Waals surface area contributed by atoms with Crippen LogP contribution in [0.1, 0.15) is 39.0 Å². The van der Waals surface area contributed by atoms with Crippen LogP contribution in [-0.2, 0) is 0 Å². The number of halogens is 2. The van der Waals surface area contributed by atoms with E-state index in [0.717, 1.165) is 6.42 Å². The number of pyridine rings is 1. The molecule has 21 heavy (non-hydrogen) atoms. The van der Waals surface area contributed by atoms with Crippen LogP contribution in [-0.4, -0.2) is 21.7 Å². The van der Waals surface area contributed by atoms with Crippen molar-refractivity contribution in [2.24, 2.45) is 11.1 Å². The van der Waals surface area contributed by atoms with Gasteiger partial charge in [0.2, 0.25) is 11.7 Å². The fourth-order valence-electron chi connectivity index (χ4n) is 2.09. The fourth-order valence-corrected chi connectivity index (χ4v) is 2.55. The minimum absolute atomic E-state index is 0.0114. The summed E-state index contributed by atoms with van der Waals surface area (Å²) >= 11 is 11.9. The molecule has 5 nitrogen and oxygen atoms in total. The summed E-state index contributed by atoms with van der Waals surface area (Å²) < 4.78 is 5.33. The van der Waals surface area contributed by atoms with Crippen LogP contribution in [0.15, 0.2) is 16.8 Å². The van der Waals surface area contributed by atoms with Crippen LogP contribution in [0.5, 0.6) is 0 Å². The van der Waals surface area contributed by atoms with E-state index in [-0.39, 0.29) is 11.3 Å². The first-order valence-corrected chi connectivity index (χ1v) is 7.41. The predicted molar refractivity (Wildman–Crippen MR) is 83.4 cm³/mol. The fraction of sp³-hybridized carbons (Fsp3) is 0.500. The lowest BCUT2D eigenvalue weighted by Crippen LogP contribution is -2.19. The molecule has 0 aliphatic rings. The van der Waals surface area contributed by atoms with Gasteiger partial charge in [-0.3, -0.25) is 0 Å². The minimum atomic E-state index is 0.0114. The Balaban J connectivity index is 2.28. The largest absolute Gasteiger partial charge is 0.339 e. The molecule has 0 bridgehead atoms. The summed E-state index contributed by atoms with van der Waals surface area (Å²) in [7, 11) is 0. The summed E-state index contributed by atoms with van der Waals surface area (Å²) in [6.07, 6.45) is 2.35. The molecule has 0 fully saturated rings. The van der Waals surface area contributed by atoms with E-state index in [2.05, 4.69) is 35.9 Å². The van der Waals surface area contributed by atoms with Crippen molar-refractivity contribution in [1.82, 2.24) is 15.1 Å². The highest BCUT2D eigenvalue weighted by Crippen LogP contribution is 2.31. The molecule has 1 unspecified atom stereocenters. The van der Waals surface area contributed by atoms with E-state index in [1.165, 1.54) is 6.20 Å². The van der Waals surface area contributed by atoms with Crippen molar-refractivity contribution >= 4 is 23.2 Å². The molecular formula is C14H18Cl2N4O. The summed E-state index contributed by atoms with van der Waals surface area (Å²) in [5.74, 6) is 0.867. The summed E-state index contributed by atoms with van der Waals surface area (Å²) in [5.41, 5.74) is 6.39. The maximum absolute atomic E-state index is 6.10. The van der Waals surface area contributed by atoms with E-state index in [4.69, 9.17) is 33.5 Å². The molecule has 0 spiro atoms. The molecule has 0 amide bonds. The summed E-state index contributed by atoms with van der Waals surface area (Å²) in [6, 6.07) is 1.59. The Morgan fingerprint density at radius 2 is 2.05 bits per heavy atom. The van der Waals surface area contributed by atoms with Crippen LogP contribution in [0.2, 0.25) is 10.0 Å². The minimum Gasteiger partial charge on any atom is -0.339 e. The summed E-state index contributed by atoms with van der Waals surface area (Å²) in [5, 5.41) is 4.79. The number of rotatable bonds is 4. The van der Waals surface area contributed by atoms with Crippen LogP contribution in [0.25, 0.3) is 11.5 Å². The lowest BCUT2D eigenvalue weighted by atomic mass is 9.84. The molecule has 7 heteroatoms. The van der Waals surface area contributed by atoms with Gasteiger partial charge in [-0.1, -0.05) is 49.1 Å². The molecule has 0 aliphatic carbocycles. The quantitative estimate of drug-likeness (QED) is 0.920. The zero-order valence-corrected chi connectivity index (χ0v) is 13.7. The molecule has 0 radical (unpaired) electrons. The molecule has 2 aromatic rings. The van der Waals surface area contributed by atoms with E-state index in [0.29, 0.717) is 34.0 Å². The van der Waals surface area contributed by atoms with Crippen LogP contribution in [0.3, 0.4) is 0 Å². The van der Waals surface area contributed by atoms with Gasteiger partial charge in [-0.2, -0.15) is 4.98 Å². The third-order valence-electron chi connectivity index (χ3n) is 2.95. The molecule has 2 N–H and O–H groups in total. The summed E-state index contributed by atoms with van der Waals surface area (Å²) in [6.45, 7) is 6.88. The number of nitrogens with zero attached hydrogens (tertiary/aromatic N) is 3. The number of hydrogen-bond donors (Lipinski definition) is 1. The monoisotopic (exact) mass is 328 g/mol. The molecule has 1 atom stereocenters. The maximum Gasteiger partial charge on any atom is 0.231 e. The highest BCUT2D eigenvalue weighted by molar-refractivity contribution is 6.35. The van der Waals surface area contributed by atoms with Gasteiger partial charge in [0, 0.05) is 12.7 Å². The molecule has 114 valence electrons. The normalized spacial score (nSPS) is 13.4. The van der Waals surface area contributed by atoms with E-state index < -0.39 is 0 Å². The van der Waals surface area contributed by atoms with Gasteiger partial charge in [0.1, 0.15) is 5.69 Å². The van der Waals surface area contributed by atoms with Crippen LogP contribution in [0, 0.1) is 5.41 Å². The van der Waals surface area contributed by atoms with Crippen LogP contribution >= 0.6 is 23.2 Å². The van der Waals surface area contributed by atoms with Gasteiger partial charge in [0.15, 0.2) is 0 Å². The molecule has 2 heterocycles. The van der Waals surface area contributed by atoms with Crippen molar-refractivity contribution in [1.29, 1.82) is 0 Å². The van der Waals surface area contributed by atoms with E-state index in [9.17, 15) is 0 Å². The average Bonchev–Trinajstić information content (AvgIpc) is 2.84. The lowest BCUT2D eigenvalue weighted by molar-refractivity contribution is 0.287. The third kappa shape index (κ3) is 4.15. The first kappa shape index (κ1) is 16.2. The SMILES string of the molecule is CC(C)(C)CC(CN)c1nc(-c2ncc(Cl)cc2Cl)no1. The first-order valence-electron chi connectivity index (χ1n) is 6.65. The van der Waals surface area contributed by atoms with Gasteiger partial charge in [0.25, 0.3) is 0 Å². The molecule has 2 aromatic heterocycles. The standard InChI is InChI=1S/C14H18Cl2N4O/c1-14(2,3)5-8(6-17)13-19-12(20-21-13)11-10(16)4-9(15)7-18-11/h4,7-8H,5-6,17H2,1-3H3. The van der Waals surface area contributed by atoms with Crippen molar-refractivity contribution in [3.8, 4) is 11.5 Å². The van der Waals surface area contributed by atoms with Crippen LogP contribution in [0.4, 0.5) is 0 Å². The second-order valence-corrected chi connectivity index (χ2v) is 6.98. The van der Waals surface area contributed by atoms with Crippen molar-refractivity contribution in [3.05, 3.63) is 28.2 Å². The van der Waals surface area contributed by atoms with Crippen molar-refractivity contribution in [2.45, 2.75) is 33.1 Å². The highest BCUT2D eigenvalue weighted by atomic mass is 35.5. The zero-order chi connectivity index (χ0) is 15.6. The van der Waals surface area contributed by atoms with Gasteiger partial charge < -0.3 is 10.3 Å².